The zero-order chi connectivity index (χ0) is 20.1. The van der Waals surface area contributed by atoms with Gasteiger partial charge in [-0.3, -0.25) is 9.69 Å². The quantitative estimate of drug-likeness (QED) is 0.125. The molecule has 0 saturated carbocycles. The van der Waals surface area contributed by atoms with Crippen LogP contribution in [-0.2, 0) is 23.9 Å². The molecule has 1 saturated heterocycles. The summed E-state index contributed by atoms with van der Waals surface area (Å²) in [7, 11) is 1.39. The van der Waals surface area contributed by atoms with Crippen molar-refractivity contribution < 1.29 is 25.2 Å². The normalized spacial score (nSPS) is 18.0. The Kier molecular flexibility index (Phi) is 10.2. The number of ether oxygens (including phenoxy) is 2. The van der Waals surface area contributed by atoms with Gasteiger partial charge in [0, 0.05) is 44.6 Å². The molecular weight excluding hydrogens is 342 g/mol. The molecule has 1 heterocycles. The summed E-state index contributed by atoms with van der Waals surface area (Å²) in [5, 5.41) is 3.45. The van der Waals surface area contributed by atoms with Crippen molar-refractivity contribution in [3.8, 4) is 0 Å². The van der Waals surface area contributed by atoms with Crippen molar-refractivity contribution in [2.75, 3.05) is 53.0 Å². The van der Waals surface area contributed by atoms with Crippen molar-refractivity contribution in [2.24, 2.45) is 5.11 Å². The number of amides is 1. The number of aldehydes is 1. The van der Waals surface area contributed by atoms with E-state index in [0.29, 0.717) is 39.0 Å². The van der Waals surface area contributed by atoms with E-state index < -0.39 is 12.2 Å². The van der Waals surface area contributed by atoms with E-state index in [1.54, 1.807) is 9.80 Å². The monoisotopic (exact) mass is 370 g/mol. The lowest BCUT2D eigenvalue weighted by atomic mass is 10.1. The molecule has 1 unspecified atom stereocenters. The second-order valence-electron chi connectivity index (χ2n) is 5.99. The van der Waals surface area contributed by atoms with Gasteiger partial charge in [0.2, 0.25) is 5.91 Å². The molecule has 0 aromatic heterocycles. The van der Waals surface area contributed by atoms with Crippen LogP contribution in [0.1, 0.15) is 27.1 Å². The van der Waals surface area contributed by atoms with Crippen molar-refractivity contribution in [3.05, 3.63) is 10.4 Å². The van der Waals surface area contributed by atoms with Gasteiger partial charge >= 0.3 is 5.97 Å². The minimum Gasteiger partial charge on any atom is -0.462 e. The highest BCUT2D eigenvalue weighted by molar-refractivity contribution is 5.76. The standard InChI is InChI=1S/C16H27N5O5/c1-25-13-16(24)26-12-14-11-21(8-7-20(14)9-10-22)15(23)5-3-2-4-6-18-19-17/h10,14H,2-9,11-13H2,1H3/i10D. The summed E-state index contributed by atoms with van der Waals surface area (Å²) in [5.74, 6) is -0.512. The molecule has 10 nitrogen and oxygen atoms in total. The first kappa shape index (κ1) is 20.2. The van der Waals surface area contributed by atoms with E-state index in [1.165, 1.54) is 7.11 Å². The van der Waals surface area contributed by atoms with Gasteiger partial charge in [-0.25, -0.2) is 4.79 Å². The number of hydrogen-bond donors (Lipinski definition) is 0. The van der Waals surface area contributed by atoms with Gasteiger partial charge in [-0.2, -0.15) is 0 Å². The number of unbranched alkanes of at least 4 members (excludes halogenated alkanes) is 2. The van der Waals surface area contributed by atoms with Crippen LogP contribution in [0.15, 0.2) is 5.11 Å². The predicted octanol–water partition coefficient (Wildman–Crippen LogP) is 0.758. The van der Waals surface area contributed by atoms with Crippen LogP contribution in [0.25, 0.3) is 10.4 Å². The molecule has 1 rings (SSSR count). The lowest BCUT2D eigenvalue weighted by molar-refractivity contribution is -0.151. The maximum absolute atomic E-state index is 12.4. The summed E-state index contributed by atoms with van der Waals surface area (Å²) >= 11 is 0. The molecule has 26 heavy (non-hydrogen) atoms. The molecule has 1 aliphatic heterocycles. The molecule has 0 aromatic rings. The zero-order valence-electron chi connectivity index (χ0n) is 16.1. The third-order valence-corrected chi connectivity index (χ3v) is 4.14. The van der Waals surface area contributed by atoms with Gasteiger partial charge in [-0.1, -0.05) is 11.5 Å². The number of piperazine rings is 1. The Balaban J connectivity index is 2.50. The first-order chi connectivity index (χ1) is 13.0. The zero-order valence-corrected chi connectivity index (χ0v) is 15.1. The molecule has 1 amide bonds. The maximum atomic E-state index is 12.4. The van der Waals surface area contributed by atoms with E-state index in [0.717, 1.165) is 12.8 Å². The molecule has 146 valence electrons. The number of nitrogens with zero attached hydrogens (tertiary/aromatic N) is 5. The number of rotatable bonds is 12. The highest BCUT2D eigenvalue weighted by atomic mass is 16.6. The second kappa shape index (κ2) is 13.1. The molecule has 1 aliphatic rings. The van der Waals surface area contributed by atoms with Gasteiger partial charge in [0.25, 0.3) is 0 Å². The number of esters is 1. The largest absolute Gasteiger partial charge is 0.462 e. The van der Waals surface area contributed by atoms with Crippen LogP contribution in [0.4, 0.5) is 0 Å². The fourth-order valence-electron chi connectivity index (χ4n) is 2.76. The first-order valence-corrected chi connectivity index (χ1v) is 8.64. The van der Waals surface area contributed by atoms with Crippen LogP contribution in [0, 0.1) is 0 Å². The van der Waals surface area contributed by atoms with Gasteiger partial charge in [0.15, 0.2) is 0 Å². The lowest BCUT2D eigenvalue weighted by Gasteiger charge is -2.40. The minimum atomic E-state index is -0.719. The summed E-state index contributed by atoms with van der Waals surface area (Å²) < 4.78 is 17.0. The Hall–Kier alpha value is -2.16. The van der Waals surface area contributed by atoms with Gasteiger partial charge < -0.3 is 19.2 Å². The Morgan fingerprint density at radius 1 is 1.38 bits per heavy atom. The van der Waals surface area contributed by atoms with Gasteiger partial charge in [0.05, 0.1) is 12.6 Å². The molecule has 0 aromatic carbocycles. The van der Waals surface area contributed by atoms with Crippen LogP contribution in [0.3, 0.4) is 0 Å². The van der Waals surface area contributed by atoms with Crippen LogP contribution >= 0.6 is 0 Å². The van der Waals surface area contributed by atoms with Gasteiger partial charge in [-0.05, 0) is 18.4 Å². The summed E-state index contributed by atoms with van der Waals surface area (Å²) in [6.45, 7) is 1.49. The molecule has 1 atom stereocenters. The summed E-state index contributed by atoms with van der Waals surface area (Å²) in [4.78, 5) is 41.2. The van der Waals surface area contributed by atoms with E-state index in [2.05, 4.69) is 10.0 Å². The number of carbonyl (C=O) groups excluding carboxylic acids is 3. The first-order valence-electron chi connectivity index (χ1n) is 9.14. The molecule has 0 radical (unpaired) electrons. The Labute approximate surface area is 154 Å². The number of hydrogen-bond acceptors (Lipinski definition) is 7. The predicted molar refractivity (Wildman–Crippen MR) is 93.3 cm³/mol. The maximum Gasteiger partial charge on any atom is 0.332 e. The number of methoxy groups -OCH3 is 1. The van der Waals surface area contributed by atoms with Gasteiger partial charge in [0.1, 0.15) is 20.8 Å². The van der Waals surface area contributed by atoms with Crippen LogP contribution in [-0.4, -0.2) is 87.0 Å². The fourth-order valence-corrected chi connectivity index (χ4v) is 2.76. The Morgan fingerprint density at radius 3 is 2.88 bits per heavy atom. The number of azide groups is 1. The van der Waals surface area contributed by atoms with E-state index in [4.69, 9.17) is 16.4 Å². The SMILES string of the molecule is [2H]C(=O)CN1CCN(C(=O)CCCCCN=[N+]=[N-])CC1COC(=O)COC. The number of carbonyl (C=O) groups is 3. The highest BCUT2D eigenvalue weighted by Gasteiger charge is 2.29. The molecular formula is C16H27N5O5. The Bertz CT molecular complexity index is 555. The second-order valence-corrected chi connectivity index (χ2v) is 5.99. The van der Waals surface area contributed by atoms with Crippen LogP contribution < -0.4 is 0 Å². The molecule has 10 heteroatoms. The van der Waals surface area contributed by atoms with Crippen molar-refractivity contribution >= 4 is 18.1 Å². The average Bonchev–Trinajstić information content (AvgIpc) is 2.63. The topological polar surface area (TPSA) is 125 Å². The average molecular weight is 370 g/mol. The third kappa shape index (κ3) is 8.28. The highest BCUT2D eigenvalue weighted by Crippen LogP contribution is 2.13. The molecule has 1 fully saturated rings. The lowest BCUT2D eigenvalue weighted by Crippen LogP contribution is -2.56. The fraction of sp³-hybridized carbons (Fsp3) is 0.812. The minimum absolute atomic E-state index is 0.00357. The van der Waals surface area contributed by atoms with E-state index >= 15 is 0 Å². The van der Waals surface area contributed by atoms with Crippen LogP contribution in [0.5, 0.6) is 0 Å². The van der Waals surface area contributed by atoms with Crippen molar-refractivity contribution in [1.29, 1.82) is 0 Å². The molecule has 0 spiro atoms. The third-order valence-electron chi connectivity index (χ3n) is 4.14. The van der Waals surface area contributed by atoms with E-state index in [1.807, 2.05) is 0 Å². The smallest absolute Gasteiger partial charge is 0.332 e. The summed E-state index contributed by atoms with van der Waals surface area (Å²) in [6.07, 6.45) is 1.93. The van der Waals surface area contributed by atoms with E-state index in [-0.39, 0.29) is 31.7 Å². The van der Waals surface area contributed by atoms with E-state index in [9.17, 15) is 14.4 Å². The summed E-state index contributed by atoms with van der Waals surface area (Å²) in [6, 6.07) is -0.331. The van der Waals surface area contributed by atoms with Crippen molar-refractivity contribution in [3.63, 3.8) is 0 Å². The summed E-state index contributed by atoms with van der Waals surface area (Å²) in [5.41, 5.74) is 8.21. The Morgan fingerprint density at radius 2 is 2.19 bits per heavy atom. The van der Waals surface area contributed by atoms with Crippen molar-refractivity contribution in [1.82, 2.24) is 9.80 Å². The van der Waals surface area contributed by atoms with Crippen molar-refractivity contribution in [2.45, 2.75) is 31.7 Å². The molecule has 0 bridgehead atoms. The molecule has 0 aliphatic carbocycles. The molecule has 0 N–H and O–H groups in total. The van der Waals surface area contributed by atoms with Gasteiger partial charge in [-0.15, -0.1) is 0 Å². The van der Waals surface area contributed by atoms with Crippen LogP contribution in [0.2, 0.25) is 0 Å².